The summed E-state index contributed by atoms with van der Waals surface area (Å²) in [5.41, 5.74) is 0.619. The normalized spacial score (nSPS) is 15.3. The van der Waals surface area contributed by atoms with Crippen LogP contribution in [0.2, 0.25) is 0 Å². The van der Waals surface area contributed by atoms with Gasteiger partial charge in [-0.3, -0.25) is 14.0 Å². The molecule has 1 aliphatic heterocycles. The van der Waals surface area contributed by atoms with Gasteiger partial charge in [0.15, 0.2) is 10.7 Å². The van der Waals surface area contributed by atoms with Gasteiger partial charge in [-0.15, -0.1) is 11.3 Å². The van der Waals surface area contributed by atoms with Gasteiger partial charge in [-0.05, 0) is 12.1 Å². The molecule has 0 aromatic carbocycles. The molecule has 118 valence electrons. The van der Waals surface area contributed by atoms with Crippen molar-refractivity contribution in [3.8, 4) is 0 Å². The first kappa shape index (κ1) is 14.0. The van der Waals surface area contributed by atoms with Gasteiger partial charge in [0.25, 0.3) is 11.8 Å². The minimum Gasteiger partial charge on any atom is -0.459 e. The Bertz CT molecular complexity index is 843. The Morgan fingerprint density at radius 1 is 1.13 bits per heavy atom. The Kier molecular flexibility index (Phi) is 3.38. The summed E-state index contributed by atoms with van der Waals surface area (Å²) >= 11 is 1.44. The zero-order valence-electron chi connectivity index (χ0n) is 12.2. The number of carbonyl (C=O) groups is 2. The summed E-state index contributed by atoms with van der Waals surface area (Å²) in [6.07, 6.45) is 4.96. The highest BCUT2D eigenvalue weighted by Crippen LogP contribution is 2.17. The van der Waals surface area contributed by atoms with Crippen LogP contribution < -0.4 is 0 Å². The maximum absolute atomic E-state index is 12.6. The van der Waals surface area contributed by atoms with Crippen molar-refractivity contribution >= 4 is 28.1 Å². The number of imidazole rings is 1. The molecular formula is C15H14N4O3S. The number of furan rings is 1. The van der Waals surface area contributed by atoms with Crippen molar-refractivity contribution in [1.82, 2.24) is 19.2 Å². The zero-order valence-corrected chi connectivity index (χ0v) is 13.0. The molecule has 4 heterocycles. The Balaban J connectivity index is 1.44. The van der Waals surface area contributed by atoms with E-state index in [-0.39, 0.29) is 11.8 Å². The molecule has 0 radical (unpaired) electrons. The summed E-state index contributed by atoms with van der Waals surface area (Å²) in [4.78, 5) is 33.3. The fourth-order valence-corrected chi connectivity index (χ4v) is 3.54. The number of fused-ring (bicyclic) bond motifs is 1. The quantitative estimate of drug-likeness (QED) is 0.715. The predicted octanol–water partition coefficient (Wildman–Crippen LogP) is 1.59. The number of piperazine rings is 1. The predicted molar refractivity (Wildman–Crippen MR) is 83.6 cm³/mol. The van der Waals surface area contributed by atoms with E-state index < -0.39 is 0 Å². The van der Waals surface area contributed by atoms with Crippen LogP contribution in [0.15, 0.2) is 40.6 Å². The zero-order chi connectivity index (χ0) is 15.8. The molecule has 0 aliphatic carbocycles. The molecule has 0 N–H and O–H groups in total. The summed E-state index contributed by atoms with van der Waals surface area (Å²) in [6, 6.07) is 3.35. The van der Waals surface area contributed by atoms with Crippen molar-refractivity contribution in [2.75, 3.05) is 26.2 Å². The smallest absolute Gasteiger partial charge is 0.289 e. The first-order valence-electron chi connectivity index (χ1n) is 7.26. The molecule has 0 saturated carbocycles. The Morgan fingerprint density at radius 2 is 1.87 bits per heavy atom. The van der Waals surface area contributed by atoms with E-state index in [0.29, 0.717) is 37.6 Å². The fourth-order valence-electron chi connectivity index (χ4n) is 2.71. The Hall–Kier alpha value is -2.61. The number of aromatic nitrogens is 2. The Labute approximate surface area is 135 Å². The van der Waals surface area contributed by atoms with Crippen LogP contribution in [0.1, 0.15) is 21.0 Å². The fraction of sp³-hybridized carbons (Fsp3) is 0.267. The second kappa shape index (κ2) is 5.54. The summed E-state index contributed by atoms with van der Waals surface area (Å²) in [5, 5.41) is 1.82. The van der Waals surface area contributed by atoms with Gasteiger partial charge in [-0.25, -0.2) is 4.98 Å². The third-order valence-corrected chi connectivity index (χ3v) is 4.80. The van der Waals surface area contributed by atoms with Gasteiger partial charge in [0.1, 0.15) is 5.69 Å². The molecule has 3 aromatic rings. The van der Waals surface area contributed by atoms with Gasteiger partial charge < -0.3 is 14.2 Å². The van der Waals surface area contributed by atoms with Crippen LogP contribution in [0.25, 0.3) is 4.96 Å². The average Bonchev–Trinajstić information content (AvgIpc) is 3.30. The van der Waals surface area contributed by atoms with E-state index in [0.717, 1.165) is 4.96 Å². The molecule has 3 aromatic heterocycles. The van der Waals surface area contributed by atoms with Crippen LogP contribution in [0.5, 0.6) is 0 Å². The monoisotopic (exact) mass is 330 g/mol. The molecule has 1 aliphatic rings. The second-order valence-corrected chi connectivity index (χ2v) is 6.10. The first-order chi connectivity index (χ1) is 11.2. The Morgan fingerprint density at radius 3 is 2.57 bits per heavy atom. The molecule has 1 fully saturated rings. The number of hydrogen-bond acceptors (Lipinski definition) is 5. The van der Waals surface area contributed by atoms with Crippen molar-refractivity contribution in [3.05, 3.63) is 47.6 Å². The third-order valence-electron chi connectivity index (χ3n) is 3.95. The van der Waals surface area contributed by atoms with Gasteiger partial charge >= 0.3 is 0 Å². The lowest BCUT2D eigenvalue weighted by atomic mass is 10.2. The summed E-state index contributed by atoms with van der Waals surface area (Å²) in [6.45, 7) is 2.03. The molecule has 8 heteroatoms. The molecule has 0 unspecified atom stereocenters. The van der Waals surface area contributed by atoms with Crippen LogP contribution in [-0.4, -0.2) is 57.2 Å². The SMILES string of the molecule is O=C(c1ccco1)N1CCN(C(=O)c2csc3nccn23)CC1. The van der Waals surface area contributed by atoms with E-state index in [1.165, 1.54) is 17.6 Å². The molecule has 1 saturated heterocycles. The number of rotatable bonds is 2. The van der Waals surface area contributed by atoms with Crippen molar-refractivity contribution in [1.29, 1.82) is 0 Å². The average molecular weight is 330 g/mol. The molecule has 7 nitrogen and oxygen atoms in total. The van der Waals surface area contributed by atoms with Crippen molar-refractivity contribution < 1.29 is 14.0 Å². The van der Waals surface area contributed by atoms with Crippen molar-refractivity contribution in [2.24, 2.45) is 0 Å². The highest BCUT2D eigenvalue weighted by molar-refractivity contribution is 7.15. The number of thiazole rings is 1. The van der Waals surface area contributed by atoms with Crippen LogP contribution in [0, 0.1) is 0 Å². The summed E-state index contributed by atoms with van der Waals surface area (Å²) in [7, 11) is 0. The second-order valence-electron chi connectivity index (χ2n) is 5.26. The molecule has 4 rings (SSSR count). The van der Waals surface area contributed by atoms with E-state index in [1.54, 1.807) is 38.7 Å². The van der Waals surface area contributed by atoms with Gasteiger partial charge in [0.2, 0.25) is 0 Å². The molecule has 0 atom stereocenters. The van der Waals surface area contributed by atoms with E-state index in [4.69, 9.17) is 4.42 Å². The van der Waals surface area contributed by atoms with E-state index in [2.05, 4.69) is 4.98 Å². The van der Waals surface area contributed by atoms with Crippen molar-refractivity contribution in [3.63, 3.8) is 0 Å². The van der Waals surface area contributed by atoms with Crippen molar-refractivity contribution in [2.45, 2.75) is 0 Å². The first-order valence-corrected chi connectivity index (χ1v) is 8.14. The summed E-state index contributed by atoms with van der Waals surface area (Å²) < 4.78 is 6.94. The number of carbonyl (C=O) groups excluding carboxylic acids is 2. The van der Waals surface area contributed by atoms with E-state index in [9.17, 15) is 9.59 Å². The molecular weight excluding hydrogens is 316 g/mol. The highest BCUT2D eigenvalue weighted by atomic mass is 32.1. The summed E-state index contributed by atoms with van der Waals surface area (Å²) in [5.74, 6) is 0.178. The van der Waals surface area contributed by atoms with Crippen LogP contribution in [-0.2, 0) is 0 Å². The maximum atomic E-state index is 12.6. The van der Waals surface area contributed by atoms with Crippen LogP contribution in [0.4, 0.5) is 0 Å². The molecule has 2 amide bonds. The third kappa shape index (κ3) is 2.40. The van der Waals surface area contributed by atoms with Crippen LogP contribution in [0.3, 0.4) is 0 Å². The molecule has 0 spiro atoms. The van der Waals surface area contributed by atoms with E-state index in [1.807, 2.05) is 5.38 Å². The molecule has 0 bridgehead atoms. The standard InChI is InChI=1S/C15H14N4O3S/c20-13(11-10-23-15-16-3-4-19(11)15)17-5-7-18(8-6-17)14(21)12-2-1-9-22-12/h1-4,9-10H,5-8H2. The maximum Gasteiger partial charge on any atom is 0.289 e. The minimum atomic E-state index is -0.130. The van der Waals surface area contributed by atoms with E-state index >= 15 is 0 Å². The number of nitrogens with zero attached hydrogens (tertiary/aromatic N) is 4. The van der Waals surface area contributed by atoms with Gasteiger partial charge in [-0.1, -0.05) is 0 Å². The van der Waals surface area contributed by atoms with Gasteiger partial charge in [0.05, 0.1) is 6.26 Å². The molecule has 23 heavy (non-hydrogen) atoms. The lowest BCUT2D eigenvalue weighted by molar-refractivity contribution is 0.0515. The lowest BCUT2D eigenvalue weighted by Crippen LogP contribution is -2.50. The van der Waals surface area contributed by atoms with Gasteiger partial charge in [0, 0.05) is 44.0 Å². The van der Waals surface area contributed by atoms with Gasteiger partial charge in [-0.2, -0.15) is 0 Å². The largest absolute Gasteiger partial charge is 0.459 e. The minimum absolute atomic E-state index is 0.0284. The topological polar surface area (TPSA) is 71.1 Å². The van der Waals surface area contributed by atoms with Crippen LogP contribution >= 0.6 is 11.3 Å². The number of hydrogen-bond donors (Lipinski definition) is 0. The highest BCUT2D eigenvalue weighted by Gasteiger charge is 2.27. The lowest BCUT2D eigenvalue weighted by Gasteiger charge is -2.34. The number of amides is 2.